The summed E-state index contributed by atoms with van der Waals surface area (Å²) in [4.78, 5) is 14.9. The number of nitrogens with one attached hydrogen (secondary N) is 1. The summed E-state index contributed by atoms with van der Waals surface area (Å²) in [6, 6.07) is 6.35. The highest BCUT2D eigenvalue weighted by molar-refractivity contribution is 7.89. The van der Waals surface area contributed by atoms with E-state index in [0.29, 0.717) is 31.1 Å². The van der Waals surface area contributed by atoms with Gasteiger partial charge in [0.25, 0.3) is 0 Å². The summed E-state index contributed by atoms with van der Waals surface area (Å²) in [6.07, 6.45) is 5.13. The summed E-state index contributed by atoms with van der Waals surface area (Å²) in [6.45, 7) is 7.04. The lowest BCUT2D eigenvalue weighted by Gasteiger charge is -2.29. The van der Waals surface area contributed by atoms with Crippen LogP contribution in [0, 0.1) is 5.92 Å². The van der Waals surface area contributed by atoms with Crippen molar-refractivity contribution >= 4 is 15.9 Å². The maximum atomic E-state index is 12.9. The minimum Gasteiger partial charge on any atom is -0.412 e. The Labute approximate surface area is 189 Å². The number of likely N-dealkylation sites (tertiary alicyclic amines) is 1. The molecule has 4 rings (SSSR count). The van der Waals surface area contributed by atoms with Crippen LogP contribution in [0.5, 0.6) is 0 Å². The maximum absolute atomic E-state index is 12.9. The Bertz CT molecular complexity index is 1010. The molecule has 0 aliphatic carbocycles. The topological polar surface area (TPSA) is 109 Å². The Morgan fingerprint density at radius 2 is 1.78 bits per heavy atom. The summed E-state index contributed by atoms with van der Waals surface area (Å²) in [5.41, 5.74) is 0.566. The number of hydrogen-bond donors (Lipinski definition) is 1. The first kappa shape index (κ1) is 22.9. The minimum absolute atomic E-state index is 0.0969. The molecule has 1 amide bonds. The molecule has 10 heteroatoms. The van der Waals surface area contributed by atoms with E-state index in [0.717, 1.165) is 38.9 Å². The van der Waals surface area contributed by atoms with E-state index in [2.05, 4.69) is 27.3 Å². The zero-order valence-electron chi connectivity index (χ0n) is 18.5. The van der Waals surface area contributed by atoms with Crippen LogP contribution >= 0.6 is 0 Å². The van der Waals surface area contributed by atoms with Gasteiger partial charge in [-0.3, -0.25) is 4.79 Å². The number of hydrogen-bond acceptors (Lipinski definition) is 7. The predicted octanol–water partition coefficient (Wildman–Crippen LogP) is 2.37. The molecule has 32 heavy (non-hydrogen) atoms. The van der Waals surface area contributed by atoms with Crippen LogP contribution in [0.2, 0.25) is 0 Å². The van der Waals surface area contributed by atoms with Gasteiger partial charge in [-0.2, -0.15) is 4.31 Å². The summed E-state index contributed by atoms with van der Waals surface area (Å²) in [5.74, 6) is 0.241. The molecule has 0 radical (unpaired) electrons. The maximum Gasteiger partial charge on any atom is 0.308 e. The van der Waals surface area contributed by atoms with Crippen LogP contribution in [0.4, 0.5) is 0 Å². The van der Waals surface area contributed by atoms with Crippen LogP contribution in [0.3, 0.4) is 0 Å². The fraction of sp³-hybridized carbons (Fsp3) is 0.591. The van der Waals surface area contributed by atoms with Crippen LogP contribution in [0.15, 0.2) is 33.6 Å². The third-order valence-corrected chi connectivity index (χ3v) is 8.15. The number of aromatic nitrogens is 2. The van der Waals surface area contributed by atoms with E-state index in [1.54, 1.807) is 28.6 Å². The van der Waals surface area contributed by atoms with Gasteiger partial charge in [-0.15, -0.1) is 10.2 Å². The van der Waals surface area contributed by atoms with E-state index >= 15 is 0 Å². The number of piperidine rings is 1. The summed E-state index contributed by atoms with van der Waals surface area (Å²) >= 11 is 0. The SMILES string of the molecule is CC1CCN(S(=O)(=O)c2ccc(-c3nnc(C(=O)NCCCN4CCCC4)o3)cc2)CC1. The fourth-order valence-electron chi connectivity index (χ4n) is 4.16. The number of rotatable bonds is 8. The molecule has 2 aliphatic heterocycles. The van der Waals surface area contributed by atoms with Crippen molar-refractivity contribution in [1.29, 1.82) is 0 Å². The number of carbonyl (C=O) groups is 1. The Morgan fingerprint density at radius 1 is 1.09 bits per heavy atom. The molecule has 1 N–H and O–H groups in total. The zero-order valence-corrected chi connectivity index (χ0v) is 19.3. The van der Waals surface area contributed by atoms with Crippen molar-refractivity contribution in [2.75, 3.05) is 39.3 Å². The van der Waals surface area contributed by atoms with Gasteiger partial charge in [-0.05, 0) is 81.9 Å². The number of carbonyl (C=O) groups excluding carboxylic acids is 1. The smallest absolute Gasteiger partial charge is 0.308 e. The first-order valence-electron chi connectivity index (χ1n) is 11.4. The Kier molecular flexibility index (Phi) is 7.22. The van der Waals surface area contributed by atoms with E-state index in [9.17, 15) is 13.2 Å². The van der Waals surface area contributed by atoms with Crippen molar-refractivity contribution < 1.29 is 17.6 Å². The fourth-order valence-corrected chi connectivity index (χ4v) is 5.63. The monoisotopic (exact) mass is 461 g/mol. The van der Waals surface area contributed by atoms with E-state index in [1.165, 1.54) is 12.8 Å². The van der Waals surface area contributed by atoms with Crippen molar-refractivity contribution in [3.8, 4) is 11.5 Å². The van der Waals surface area contributed by atoms with Crippen molar-refractivity contribution in [3.05, 3.63) is 30.2 Å². The molecular weight excluding hydrogens is 430 g/mol. The highest BCUT2D eigenvalue weighted by Crippen LogP contribution is 2.25. The average molecular weight is 462 g/mol. The van der Waals surface area contributed by atoms with Gasteiger partial charge in [0, 0.05) is 25.2 Å². The number of nitrogens with zero attached hydrogens (tertiary/aromatic N) is 4. The molecule has 2 saturated heterocycles. The van der Waals surface area contributed by atoms with Crippen LogP contribution in [0.25, 0.3) is 11.5 Å². The van der Waals surface area contributed by atoms with Gasteiger partial charge < -0.3 is 14.6 Å². The second kappa shape index (κ2) is 10.1. The Morgan fingerprint density at radius 3 is 2.47 bits per heavy atom. The zero-order chi connectivity index (χ0) is 22.6. The second-order valence-electron chi connectivity index (χ2n) is 8.68. The van der Waals surface area contributed by atoms with Crippen molar-refractivity contribution in [2.45, 2.75) is 43.9 Å². The van der Waals surface area contributed by atoms with E-state index in [4.69, 9.17) is 4.42 Å². The molecule has 1 aromatic heterocycles. The molecule has 2 aromatic rings. The largest absolute Gasteiger partial charge is 0.412 e. The standard InChI is InChI=1S/C22H31N5O4S/c1-17-9-15-27(16-10-17)32(29,30)19-7-5-18(6-8-19)21-24-25-22(31-21)20(28)23-11-4-14-26-12-2-3-13-26/h5-8,17H,2-4,9-16H2,1H3,(H,23,28). The van der Waals surface area contributed by atoms with Gasteiger partial charge in [-0.1, -0.05) is 6.92 Å². The first-order valence-corrected chi connectivity index (χ1v) is 12.8. The number of amides is 1. The van der Waals surface area contributed by atoms with E-state index < -0.39 is 15.9 Å². The minimum atomic E-state index is -3.51. The first-order chi connectivity index (χ1) is 15.4. The van der Waals surface area contributed by atoms with Gasteiger partial charge >= 0.3 is 11.8 Å². The van der Waals surface area contributed by atoms with Gasteiger partial charge in [0.2, 0.25) is 15.9 Å². The average Bonchev–Trinajstić information content (AvgIpc) is 3.49. The van der Waals surface area contributed by atoms with Gasteiger partial charge in [0.1, 0.15) is 0 Å². The molecular formula is C22H31N5O4S. The van der Waals surface area contributed by atoms with Crippen molar-refractivity contribution in [1.82, 2.24) is 24.7 Å². The quantitative estimate of drug-likeness (QED) is 0.601. The van der Waals surface area contributed by atoms with Crippen LogP contribution in [0.1, 0.15) is 49.7 Å². The summed E-state index contributed by atoms with van der Waals surface area (Å²) < 4.78 is 32.8. The lowest BCUT2D eigenvalue weighted by Crippen LogP contribution is -2.37. The van der Waals surface area contributed by atoms with Gasteiger partial charge in [-0.25, -0.2) is 8.42 Å². The molecule has 0 bridgehead atoms. The third-order valence-electron chi connectivity index (χ3n) is 6.24. The molecule has 0 atom stereocenters. The van der Waals surface area contributed by atoms with Gasteiger partial charge in [0.15, 0.2) is 0 Å². The molecule has 1 aromatic carbocycles. The van der Waals surface area contributed by atoms with E-state index in [-0.39, 0.29) is 16.7 Å². The Balaban J connectivity index is 1.33. The summed E-state index contributed by atoms with van der Waals surface area (Å²) in [7, 11) is -3.51. The van der Waals surface area contributed by atoms with Crippen molar-refractivity contribution in [3.63, 3.8) is 0 Å². The Hall–Kier alpha value is -2.30. The molecule has 2 fully saturated rings. The summed E-state index contributed by atoms with van der Waals surface area (Å²) in [5, 5.41) is 10.6. The molecule has 0 spiro atoms. The van der Waals surface area contributed by atoms with E-state index in [1.807, 2.05) is 0 Å². The number of benzene rings is 1. The van der Waals surface area contributed by atoms with Crippen LogP contribution in [-0.2, 0) is 10.0 Å². The third kappa shape index (κ3) is 5.36. The highest BCUT2D eigenvalue weighted by Gasteiger charge is 2.28. The normalized spacial score (nSPS) is 18.8. The van der Waals surface area contributed by atoms with Crippen LogP contribution < -0.4 is 5.32 Å². The lowest BCUT2D eigenvalue weighted by molar-refractivity contribution is 0.0918. The predicted molar refractivity (Wildman–Crippen MR) is 120 cm³/mol. The molecule has 0 unspecified atom stereocenters. The van der Waals surface area contributed by atoms with Gasteiger partial charge in [0.05, 0.1) is 4.90 Å². The molecule has 174 valence electrons. The second-order valence-corrected chi connectivity index (χ2v) is 10.6. The molecule has 9 nitrogen and oxygen atoms in total. The lowest BCUT2D eigenvalue weighted by atomic mass is 10.0. The van der Waals surface area contributed by atoms with Crippen molar-refractivity contribution in [2.24, 2.45) is 5.92 Å². The number of sulfonamides is 1. The molecule has 2 aliphatic rings. The molecule has 0 saturated carbocycles. The molecule has 3 heterocycles. The highest BCUT2D eigenvalue weighted by atomic mass is 32.2. The van der Waals surface area contributed by atoms with Crippen LogP contribution in [-0.4, -0.2) is 73.0 Å².